The molecule has 0 spiro atoms. The first-order chi connectivity index (χ1) is 8.51. The maximum atomic E-state index is 11.2. The van der Waals surface area contributed by atoms with E-state index in [2.05, 4.69) is 0 Å². The van der Waals surface area contributed by atoms with Gasteiger partial charge in [0, 0.05) is 24.7 Å². The number of nitro benzene ring substituents is 1. The van der Waals surface area contributed by atoms with Gasteiger partial charge in [0.25, 0.3) is 5.69 Å². The number of Topliss-reactive ketones (excluding diaryl/α,β-unsaturated/α-hetero) is 1. The number of likely N-dealkylation sites (N-methyl/N-ethyl adjacent to an activating group) is 1. The number of rotatable bonds is 6. The van der Waals surface area contributed by atoms with Crippen molar-refractivity contribution < 1.29 is 14.8 Å². The molecule has 1 rings (SSSR count). The number of hydrogen-bond acceptors (Lipinski definition) is 5. The number of aliphatic hydroxyl groups excluding tert-OH is 1. The Morgan fingerprint density at radius 3 is 2.61 bits per heavy atom. The summed E-state index contributed by atoms with van der Waals surface area (Å²) in [6, 6.07) is 4.39. The summed E-state index contributed by atoms with van der Waals surface area (Å²) in [5, 5.41) is 20.0. The summed E-state index contributed by atoms with van der Waals surface area (Å²) in [4.78, 5) is 23.4. The molecule has 0 aliphatic carbocycles. The van der Waals surface area contributed by atoms with Crippen LogP contribution < -0.4 is 4.90 Å². The van der Waals surface area contributed by atoms with Gasteiger partial charge in [0.05, 0.1) is 11.5 Å². The SMILES string of the molecule is CCN(CCO)c1ccc(C(C)=O)cc1[N+](=O)[O-]. The van der Waals surface area contributed by atoms with Crippen molar-refractivity contribution in [1.29, 1.82) is 0 Å². The zero-order valence-corrected chi connectivity index (χ0v) is 10.4. The van der Waals surface area contributed by atoms with E-state index >= 15 is 0 Å². The van der Waals surface area contributed by atoms with E-state index < -0.39 is 4.92 Å². The minimum absolute atomic E-state index is 0.0839. The van der Waals surface area contributed by atoms with Gasteiger partial charge in [-0.15, -0.1) is 0 Å². The molecule has 1 aromatic carbocycles. The fraction of sp³-hybridized carbons (Fsp3) is 0.417. The van der Waals surface area contributed by atoms with Gasteiger partial charge in [-0.25, -0.2) is 0 Å². The molecule has 0 amide bonds. The standard InChI is InChI=1S/C12H16N2O4/c1-3-13(6-7-15)11-5-4-10(9(2)16)8-12(11)14(17)18/h4-5,8,15H,3,6-7H2,1-2H3. The number of nitro groups is 1. The monoisotopic (exact) mass is 252 g/mol. The molecule has 0 fully saturated rings. The first-order valence-electron chi connectivity index (χ1n) is 5.66. The largest absolute Gasteiger partial charge is 0.395 e. The van der Waals surface area contributed by atoms with Crippen LogP contribution in [0.1, 0.15) is 24.2 Å². The van der Waals surface area contributed by atoms with Crippen molar-refractivity contribution >= 4 is 17.2 Å². The topological polar surface area (TPSA) is 83.7 Å². The third-order valence-corrected chi connectivity index (χ3v) is 2.67. The van der Waals surface area contributed by atoms with Crippen LogP contribution in [-0.4, -0.2) is 35.5 Å². The van der Waals surface area contributed by atoms with Gasteiger partial charge in [-0.3, -0.25) is 14.9 Å². The summed E-state index contributed by atoms with van der Waals surface area (Å²) in [6.45, 7) is 3.99. The highest BCUT2D eigenvalue weighted by Gasteiger charge is 2.19. The summed E-state index contributed by atoms with van der Waals surface area (Å²) in [5.74, 6) is -0.213. The Bertz CT molecular complexity index is 459. The average Bonchev–Trinajstić information content (AvgIpc) is 2.35. The highest BCUT2D eigenvalue weighted by molar-refractivity contribution is 5.95. The Morgan fingerprint density at radius 1 is 1.50 bits per heavy atom. The highest BCUT2D eigenvalue weighted by Crippen LogP contribution is 2.29. The van der Waals surface area contributed by atoms with Gasteiger partial charge in [0.1, 0.15) is 5.69 Å². The summed E-state index contributed by atoms with van der Waals surface area (Å²) in [7, 11) is 0. The lowest BCUT2D eigenvalue weighted by atomic mass is 10.1. The maximum Gasteiger partial charge on any atom is 0.293 e. The molecule has 1 aromatic rings. The molecule has 0 aliphatic rings. The molecule has 0 aliphatic heterocycles. The minimum Gasteiger partial charge on any atom is -0.395 e. The third kappa shape index (κ3) is 3.04. The molecule has 0 saturated carbocycles. The van der Waals surface area contributed by atoms with Crippen LogP contribution >= 0.6 is 0 Å². The van der Waals surface area contributed by atoms with Gasteiger partial charge < -0.3 is 10.0 Å². The van der Waals surface area contributed by atoms with Crippen LogP contribution in [0.2, 0.25) is 0 Å². The summed E-state index contributed by atoms with van der Waals surface area (Å²) in [5.41, 5.74) is 0.616. The fourth-order valence-corrected chi connectivity index (χ4v) is 1.73. The average molecular weight is 252 g/mol. The molecule has 0 radical (unpaired) electrons. The van der Waals surface area contributed by atoms with E-state index in [0.717, 1.165) is 0 Å². The van der Waals surface area contributed by atoms with Gasteiger partial charge >= 0.3 is 0 Å². The number of carbonyl (C=O) groups is 1. The molecule has 98 valence electrons. The zero-order chi connectivity index (χ0) is 13.7. The lowest BCUT2D eigenvalue weighted by Crippen LogP contribution is -2.27. The van der Waals surface area contributed by atoms with Gasteiger partial charge in [-0.05, 0) is 26.0 Å². The van der Waals surface area contributed by atoms with Crippen molar-refractivity contribution in [1.82, 2.24) is 0 Å². The van der Waals surface area contributed by atoms with Crippen molar-refractivity contribution in [2.24, 2.45) is 0 Å². The van der Waals surface area contributed by atoms with Crippen molar-refractivity contribution in [3.8, 4) is 0 Å². The predicted molar refractivity (Wildman–Crippen MR) is 68.1 cm³/mol. The van der Waals surface area contributed by atoms with E-state index in [4.69, 9.17) is 5.11 Å². The Labute approximate surface area is 105 Å². The molecule has 0 unspecified atom stereocenters. The molecule has 1 N–H and O–H groups in total. The van der Waals surface area contributed by atoms with Crippen molar-refractivity contribution in [3.05, 3.63) is 33.9 Å². The maximum absolute atomic E-state index is 11.2. The van der Waals surface area contributed by atoms with Gasteiger partial charge in [0.15, 0.2) is 5.78 Å². The van der Waals surface area contributed by atoms with E-state index in [1.807, 2.05) is 6.92 Å². The van der Waals surface area contributed by atoms with Crippen LogP contribution in [0.15, 0.2) is 18.2 Å². The molecule has 6 heteroatoms. The highest BCUT2D eigenvalue weighted by atomic mass is 16.6. The normalized spacial score (nSPS) is 10.2. The smallest absolute Gasteiger partial charge is 0.293 e. The van der Waals surface area contributed by atoms with Gasteiger partial charge in [-0.1, -0.05) is 0 Å². The van der Waals surface area contributed by atoms with Crippen molar-refractivity contribution in [3.63, 3.8) is 0 Å². The van der Waals surface area contributed by atoms with Crippen molar-refractivity contribution in [2.75, 3.05) is 24.6 Å². The Kier molecular flexibility index (Phi) is 4.79. The number of ketones is 1. The van der Waals surface area contributed by atoms with E-state index in [0.29, 0.717) is 24.3 Å². The summed E-state index contributed by atoms with van der Waals surface area (Å²) < 4.78 is 0. The van der Waals surface area contributed by atoms with Gasteiger partial charge in [-0.2, -0.15) is 0 Å². The van der Waals surface area contributed by atoms with Gasteiger partial charge in [0.2, 0.25) is 0 Å². The molecule has 18 heavy (non-hydrogen) atoms. The molecule has 0 atom stereocenters. The lowest BCUT2D eigenvalue weighted by Gasteiger charge is -2.21. The van der Waals surface area contributed by atoms with Crippen LogP contribution in [0, 0.1) is 10.1 Å². The van der Waals surface area contributed by atoms with Crippen molar-refractivity contribution in [2.45, 2.75) is 13.8 Å². The van der Waals surface area contributed by atoms with E-state index in [1.165, 1.54) is 13.0 Å². The number of hydrogen-bond donors (Lipinski definition) is 1. The number of nitrogens with zero attached hydrogens (tertiary/aromatic N) is 2. The van der Waals surface area contributed by atoms with Crippen LogP contribution in [0.4, 0.5) is 11.4 Å². The van der Waals surface area contributed by atoms with E-state index in [9.17, 15) is 14.9 Å². The number of carbonyl (C=O) groups excluding carboxylic acids is 1. The molecular formula is C12H16N2O4. The second-order valence-electron chi connectivity index (χ2n) is 3.82. The molecule has 0 bridgehead atoms. The van der Waals surface area contributed by atoms with Crippen LogP contribution in [0.25, 0.3) is 0 Å². The third-order valence-electron chi connectivity index (χ3n) is 2.67. The summed E-state index contributed by atoms with van der Waals surface area (Å²) >= 11 is 0. The first kappa shape index (κ1) is 14.1. The molecule has 0 heterocycles. The number of benzene rings is 1. The van der Waals surface area contributed by atoms with Crippen LogP contribution in [0.5, 0.6) is 0 Å². The van der Waals surface area contributed by atoms with Crippen LogP contribution in [-0.2, 0) is 0 Å². The second-order valence-corrected chi connectivity index (χ2v) is 3.82. The predicted octanol–water partition coefficient (Wildman–Crippen LogP) is 1.62. The lowest BCUT2D eigenvalue weighted by molar-refractivity contribution is -0.384. The Balaban J connectivity index is 3.26. The fourth-order valence-electron chi connectivity index (χ4n) is 1.73. The Hall–Kier alpha value is -1.95. The molecule has 0 saturated heterocycles. The quantitative estimate of drug-likeness (QED) is 0.472. The molecule has 0 aromatic heterocycles. The second kappa shape index (κ2) is 6.11. The molecule has 6 nitrogen and oxygen atoms in total. The first-order valence-corrected chi connectivity index (χ1v) is 5.66. The summed E-state index contributed by atoms with van der Waals surface area (Å²) in [6.07, 6.45) is 0. The Morgan fingerprint density at radius 2 is 2.17 bits per heavy atom. The molecular weight excluding hydrogens is 236 g/mol. The van der Waals surface area contributed by atoms with E-state index in [1.54, 1.807) is 17.0 Å². The van der Waals surface area contributed by atoms with Crippen LogP contribution in [0.3, 0.4) is 0 Å². The number of anilines is 1. The number of aliphatic hydroxyl groups is 1. The zero-order valence-electron chi connectivity index (χ0n) is 10.4. The minimum atomic E-state index is -0.512. The van der Waals surface area contributed by atoms with E-state index in [-0.39, 0.29) is 18.1 Å².